The van der Waals surface area contributed by atoms with Crippen LogP contribution >= 0.6 is 0 Å². The molecule has 1 aliphatic carbocycles. The van der Waals surface area contributed by atoms with Crippen molar-refractivity contribution >= 4 is 10.9 Å². The van der Waals surface area contributed by atoms with Crippen LogP contribution in [-0.2, 0) is 6.54 Å². The fraction of sp³-hybridized carbons (Fsp3) is 0.429. The lowest BCUT2D eigenvalue weighted by Crippen LogP contribution is -2.15. The Hall–Kier alpha value is -1.28. The van der Waals surface area contributed by atoms with Crippen LogP contribution in [-0.4, -0.2) is 11.5 Å². The lowest BCUT2D eigenvalue weighted by Gasteiger charge is -2.05. The second-order valence-corrected chi connectivity index (χ2v) is 4.76. The molecule has 1 fully saturated rings. The van der Waals surface area contributed by atoms with Gasteiger partial charge in [0, 0.05) is 23.6 Å². The van der Waals surface area contributed by atoms with E-state index in [2.05, 4.69) is 34.6 Å². The van der Waals surface area contributed by atoms with Crippen LogP contribution in [0.1, 0.15) is 24.8 Å². The van der Waals surface area contributed by atoms with Gasteiger partial charge in [0.2, 0.25) is 0 Å². The lowest BCUT2D eigenvalue weighted by atomic mass is 10.1. The zero-order valence-corrected chi connectivity index (χ0v) is 9.50. The van der Waals surface area contributed by atoms with Gasteiger partial charge in [-0.3, -0.25) is 0 Å². The van der Waals surface area contributed by atoms with Gasteiger partial charge in [-0.1, -0.05) is 25.0 Å². The number of aromatic nitrogens is 1. The number of rotatable bonds is 5. The number of hydrogen-bond donors (Lipinski definition) is 2. The van der Waals surface area contributed by atoms with E-state index >= 15 is 0 Å². The first kappa shape index (κ1) is 9.91. The molecule has 1 heterocycles. The number of H-pyrrole nitrogens is 1. The molecule has 0 aliphatic heterocycles. The van der Waals surface area contributed by atoms with Crippen molar-refractivity contribution in [2.45, 2.75) is 25.8 Å². The molecule has 1 aromatic heterocycles. The quantitative estimate of drug-likeness (QED) is 0.736. The largest absolute Gasteiger partial charge is 0.361 e. The van der Waals surface area contributed by atoms with E-state index in [9.17, 15) is 0 Å². The van der Waals surface area contributed by atoms with Crippen LogP contribution in [0.2, 0.25) is 0 Å². The van der Waals surface area contributed by atoms with Gasteiger partial charge in [-0.25, -0.2) is 0 Å². The molecule has 2 heteroatoms. The van der Waals surface area contributed by atoms with Crippen molar-refractivity contribution < 1.29 is 0 Å². The van der Waals surface area contributed by atoms with E-state index in [1.807, 2.05) is 6.20 Å². The van der Waals surface area contributed by atoms with Crippen molar-refractivity contribution in [1.29, 1.82) is 0 Å². The van der Waals surface area contributed by atoms with Crippen LogP contribution in [0.15, 0.2) is 30.5 Å². The molecule has 2 aromatic rings. The maximum Gasteiger partial charge on any atom is 0.0457 e. The number of nitrogens with one attached hydrogen (secondary N) is 2. The molecule has 2 nitrogen and oxygen atoms in total. The molecule has 0 unspecified atom stereocenters. The normalized spacial score (nSPS) is 15.8. The first-order chi connectivity index (χ1) is 7.93. The zero-order chi connectivity index (χ0) is 10.8. The van der Waals surface area contributed by atoms with Crippen LogP contribution in [0.4, 0.5) is 0 Å². The summed E-state index contributed by atoms with van der Waals surface area (Å²) in [7, 11) is 0. The van der Waals surface area contributed by atoms with Crippen molar-refractivity contribution in [3.8, 4) is 0 Å². The SMILES string of the molecule is c1cc(CNCCC2CC2)c2cc[nH]c2c1. The van der Waals surface area contributed by atoms with E-state index in [4.69, 9.17) is 0 Å². The highest BCUT2D eigenvalue weighted by molar-refractivity contribution is 5.82. The highest BCUT2D eigenvalue weighted by atomic mass is 14.8. The molecular formula is C14H18N2. The van der Waals surface area contributed by atoms with Crippen molar-refractivity contribution in [3.05, 3.63) is 36.0 Å². The molecule has 0 radical (unpaired) electrons. The summed E-state index contributed by atoms with van der Waals surface area (Å²) in [5.74, 6) is 1.02. The maximum absolute atomic E-state index is 3.54. The Bertz CT molecular complexity index is 468. The summed E-state index contributed by atoms with van der Waals surface area (Å²) < 4.78 is 0. The Balaban J connectivity index is 1.61. The molecule has 1 aliphatic rings. The Labute approximate surface area is 96.1 Å². The molecular weight excluding hydrogens is 196 g/mol. The third-order valence-corrected chi connectivity index (χ3v) is 3.43. The molecule has 1 aromatic carbocycles. The molecule has 0 amide bonds. The minimum absolute atomic E-state index is 0.988. The molecule has 0 saturated heterocycles. The van der Waals surface area contributed by atoms with Gasteiger partial charge in [0.15, 0.2) is 0 Å². The summed E-state index contributed by atoms with van der Waals surface area (Å²) in [5.41, 5.74) is 2.64. The van der Waals surface area contributed by atoms with Crippen LogP contribution in [0, 0.1) is 5.92 Å². The fourth-order valence-corrected chi connectivity index (χ4v) is 2.24. The van der Waals surface area contributed by atoms with Crippen molar-refractivity contribution in [1.82, 2.24) is 10.3 Å². The van der Waals surface area contributed by atoms with Crippen molar-refractivity contribution in [3.63, 3.8) is 0 Å². The summed E-state index contributed by atoms with van der Waals surface area (Å²) in [4.78, 5) is 3.25. The molecule has 16 heavy (non-hydrogen) atoms. The Morgan fingerprint density at radius 1 is 1.25 bits per heavy atom. The summed E-state index contributed by atoms with van der Waals surface area (Å²) in [6.07, 6.45) is 6.27. The minimum Gasteiger partial charge on any atom is -0.361 e. The lowest BCUT2D eigenvalue weighted by molar-refractivity contribution is 0.614. The van der Waals surface area contributed by atoms with E-state index in [1.165, 1.54) is 35.7 Å². The van der Waals surface area contributed by atoms with Gasteiger partial charge in [-0.2, -0.15) is 0 Å². The average molecular weight is 214 g/mol. The van der Waals surface area contributed by atoms with Crippen LogP contribution in [0.3, 0.4) is 0 Å². The van der Waals surface area contributed by atoms with Gasteiger partial charge in [-0.05, 0) is 36.6 Å². The summed E-state index contributed by atoms with van der Waals surface area (Å²) in [6.45, 7) is 2.15. The number of benzene rings is 1. The summed E-state index contributed by atoms with van der Waals surface area (Å²) in [6, 6.07) is 8.62. The van der Waals surface area contributed by atoms with Gasteiger partial charge in [-0.15, -0.1) is 0 Å². The van der Waals surface area contributed by atoms with Crippen LogP contribution in [0.5, 0.6) is 0 Å². The van der Waals surface area contributed by atoms with Crippen molar-refractivity contribution in [2.24, 2.45) is 5.92 Å². The van der Waals surface area contributed by atoms with E-state index in [0.29, 0.717) is 0 Å². The Morgan fingerprint density at radius 2 is 2.19 bits per heavy atom. The van der Waals surface area contributed by atoms with Crippen LogP contribution < -0.4 is 5.32 Å². The Kier molecular flexibility index (Phi) is 2.66. The number of hydrogen-bond acceptors (Lipinski definition) is 1. The third kappa shape index (κ3) is 2.12. The van der Waals surface area contributed by atoms with Crippen LogP contribution in [0.25, 0.3) is 10.9 Å². The zero-order valence-electron chi connectivity index (χ0n) is 9.50. The standard InChI is InChI=1S/C14H18N2/c1-2-12(10-15-8-6-11-4-5-11)13-7-9-16-14(13)3-1/h1-3,7,9,11,15-16H,4-6,8,10H2. The maximum atomic E-state index is 3.54. The number of aromatic amines is 1. The number of fused-ring (bicyclic) bond motifs is 1. The molecule has 1 saturated carbocycles. The molecule has 0 spiro atoms. The topological polar surface area (TPSA) is 27.8 Å². The molecule has 84 valence electrons. The molecule has 0 atom stereocenters. The van der Waals surface area contributed by atoms with Gasteiger partial charge in [0.1, 0.15) is 0 Å². The summed E-state index contributed by atoms with van der Waals surface area (Å²) >= 11 is 0. The first-order valence-corrected chi connectivity index (χ1v) is 6.19. The molecule has 3 rings (SSSR count). The predicted molar refractivity (Wildman–Crippen MR) is 67.3 cm³/mol. The highest BCUT2D eigenvalue weighted by Gasteiger charge is 2.19. The minimum atomic E-state index is 0.988. The van der Waals surface area contributed by atoms with E-state index in [0.717, 1.165) is 19.0 Å². The van der Waals surface area contributed by atoms with Crippen molar-refractivity contribution in [2.75, 3.05) is 6.54 Å². The third-order valence-electron chi connectivity index (χ3n) is 3.43. The van der Waals surface area contributed by atoms with E-state index < -0.39 is 0 Å². The predicted octanol–water partition coefficient (Wildman–Crippen LogP) is 3.06. The molecule has 2 N–H and O–H groups in total. The van der Waals surface area contributed by atoms with Gasteiger partial charge < -0.3 is 10.3 Å². The monoisotopic (exact) mass is 214 g/mol. The highest BCUT2D eigenvalue weighted by Crippen LogP contribution is 2.31. The van der Waals surface area contributed by atoms with E-state index in [-0.39, 0.29) is 0 Å². The molecule has 0 bridgehead atoms. The second kappa shape index (κ2) is 4.30. The smallest absolute Gasteiger partial charge is 0.0457 e. The fourth-order valence-electron chi connectivity index (χ4n) is 2.24. The summed E-state index contributed by atoms with van der Waals surface area (Å²) in [5, 5.41) is 4.89. The first-order valence-electron chi connectivity index (χ1n) is 6.19. The average Bonchev–Trinajstić information content (AvgIpc) is 3.00. The van der Waals surface area contributed by atoms with Gasteiger partial charge in [0.05, 0.1) is 0 Å². The Morgan fingerprint density at radius 3 is 3.06 bits per heavy atom. The van der Waals surface area contributed by atoms with Gasteiger partial charge >= 0.3 is 0 Å². The second-order valence-electron chi connectivity index (χ2n) is 4.76. The van der Waals surface area contributed by atoms with Gasteiger partial charge in [0.25, 0.3) is 0 Å². The van der Waals surface area contributed by atoms with E-state index in [1.54, 1.807) is 0 Å².